The Morgan fingerprint density at radius 2 is 2.24 bits per heavy atom. The first-order valence-corrected chi connectivity index (χ1v) is 6.17. The number of rotatable bonds is 4. The van der Waals surface area contributed by atoms with Crippen molar-refractivity contribution in [2.24, 2.45) is 0 Å². The number of carbonyl (C=O) groups is 2. The summed E-state index contributed by atoms with van der Waals surface area (Å²) in [6.07, 6.45) is 0. The number of thiophene rings is 1. The van der Waals surface area contributed by atoms with E-state index in [1.807, 2.05) is 36.4 Å². The lowest BCUT2D eigenvalue weighted by atomic mass is 10.2. The predicted octanol–water partition coefficient (Wildman–Crippen LogP) is 1.20. The lowest BCUT2D eigenvalue weighted by molar-refractivity contribution is -0.121. The van der Waals surface area contributed by atoms with Gasteiger partial charge in [-0.2, -0.15) is 0 Å². The van der Waals surface area contributed by atoms with Crippen molar-refractivity contribution in [3.05, 3.63) is 22.4 Å². The molecule has 0 aliphatic rings. The number of nitrogens with zero attached hydrogens (tertiary/aromatic N) is 1. The van der Waals surface area contributed by atoms with Crippen molar-refractivity contribution in [2.75, 3.05) is 20.6 Å². The molecule has 0 bridgehead atoms. The van der Waals surface area contributed by atoms with E-state index in [2.05, 4.69) is 10.6 Å². The molecule has 2 N–H and O–H groups in total. The molecule has 0 fully saturated rings. The molecular weight excluding hydrogens is 238 g/mol. The zero-order valence-electron chi connectivity index (χ0n) is 10.2. The standard InChI is InChI=1S/C11H17N3O2S/c1-8(9-5-4-6-17-9)14(3)7-10(15)13-11(16)12-2/h4-6,8H,7H2,1-3H3,(H2,12,13,15,16)/t8-/m0/s1. The molecule has 17 heavy (non-hydrogen) atoms. The van der Waals surface area contributed by atoms with Gasteiger partial charge in [0.15, 0.2) is 0 Å². The Bertz CT molecular complexity index is 378. The number of hydrogen-bond donors (Lipinski definition) is 2. The van der Waals surface area contributed by atoms with Crippen LogP contribution in [0.3, 0.4) is 0 Å². The minimum absolute atomic E-state index is 0.158. The molecule has 0 saturated carbocycles. The molecular formula is C11H17N3O2S. The van der Waals surface area contributed by atoms with Gasteiger partial charge >= 0.3 is 6.03 Å². The van der Waals surface area contributed by atoms with E-state index in [0.29, 0.717) is 0 Å². The Morgan fingerprint density at radius 3 is 2.76 bits per heavy atom. The Labute approximate surface area is 105 Å². The van der Waals surface area contributed by atoms with Gasteiger partial charge in [0.2, 0.25) is 5.91 Å². The third kappa shape index (κ3) is 4.16. The second-order valence-electron chi connectivity index (χ2n) is 3.73. The van der Waals surface area contributed by atoms with Gasteiger partial charge in [-0.05, 0) is 25.4 Å². The molecule has 0 saturated heterocycles. The van der Waals surface area contributed by atoms with Crippen molar-refractivity contribution in [1.29, 1.82) is 0 Å². The van der Waals surface area contributed by atoms with Crippen LogP contribution in [0.2, 0.25) is 0 Å². The van der Waals surface area contributed by atoms with Gasteiger partial charge in [-0.25, -0.2) is 4.79 Å². The summed E-state index contributed by atoms with van der Waals surface area (Å²) in [6.45, 7) is 2.21. The van der Waals surface area contributed by atoms with E-state index >= 15 is 0 Å². The van der Waals surface area contributed by atoms with Crippen molar-refractivity contribution >= 4 is 23.3 Å². The Hall–Kier alpha value is -1.40. The molecule has 0 aliphatic heterocycles. The molecule has 6 heteroatoms. The SMILES string of the molecule is CNC(=O)NC(=O)CN(C)[C@@H](C)c1cccs1. The van der Waals surface area contributed by atoms with Crippen LogP contribution in [0.1, 0.15) is 17.8 Å². The maximum absolute atomic E-state index is 11.5. The first-order valence-electron chi connectivity index (χ1n) is 5.29. The Morgan fingerprint density at radius 1 is 1.53 bits per heavy atom. The number of hydrogen-bond acceptors (Lipinski definition) is 4. The first-order chi connectivity index (χ1) is 8.04. The highest BCUT2D eigenvalue weighted by Crippen LogP contribution is 2.22. The van der Waals surface area contributed by atoms with E-state index in [4.69, 9.17) is 0 Å². The summed E-state index contributed by atoms with van der Waals surface area (Å²) >= 11 is 1.65. The fourth-order valence-electron chi connectivity index (χ4n) is 1.34. The molecule has 0 unspecified atom stereocenters. The monoisotopic (exact) mass is 255 g/mol. The highest BCUT2D eigenvalue weighted by Gasteiger charge is 2.16. The molecule has 3 amide bonds. The average Bonchev–Trinajstić information content (AvgIpc) is 2.80. The summed E-state index contributed by atoms with van der Waals surface area (Å²) in [7, 11) is 3.33. The van der Waals surface area contributed by atoms with Crippen molar-refractivity contribution in [3.63, 3.8) is 0 Å². The minimum Gasteiger partial charge on any atom is -0.341 e. The van der Waals surface area contributed by atoms with Gasteiger partial charge in [-0.3, -0.25) is 15.0 Å². The molecule has 0 radical (unpaired) electrons. The molecule has 1 atom stereocenters. The molecule has 1 heterocycles. The number of carbonyl (C=O) groups excluding carboxylic acids is 2. The first kappa shape index (κ1) is 13.7. The molecule has 1 rings (SSSR count). The van der Waals surface area contributed by atoms with Gasteiger partial charge in [-0.15, -0.1) is 11.3 Å². The molecule has 0 aliphatic carbocycles. The van der Waals surface area contributed by atoms with Gasteiger partial charge in [-0.1, -0.05) is 6.07 Å². The Balaban J connectivity index is 2.46. The number of urea groups is 1. The summed E-state index contributed by atoms with van der Waals surface area (Å²) in [5.74, 6) is -0.310. The fraction of sp³-hybridized carbons (Fsp3) is 0.455. The van der Waals surface area contributed by atoms with Crippen molar-refractivity contribution in [2.45, 2.75) is 13.0 Å². The van der Waals surface area contributed by atoms with E-state index in [-0.39, 0.29) is 18.5 Å². The zero-order chi connectivity index (χ0) is 12.8. The molecule has 1 aromatic heterocycles. The van der Waals surface area contributed by atoms with Gasteiger partial charge in [0, 0.05) is 18.0 Å². The molecule has 1 aromatic rings. The van der Waals surface area contributed by atoms with E-state index in [1.165, 1.54) is 11.9 Å². The summed E-state index contributed by atoms with van der Waals surface area (Å²) in [5, 5.41) is 6.58. The maximum Gasteiger partial charge on any atom is 0.321 e. The Kier molecular flexibility index (Phi) is 5.11. The van der Waals surface area contributed by atoms with Crippen molar-refractivity contribution in [1.82, 2.24) is 15.5 Å². The highest BCUT2D eigenvalue weighted by molar-refractivity contribution is 7.10. The minimum atomic E-state index is -0.479. The largest absolute Gasteiger partial charge is 0.341 e. The van der Waals surface area contributed by atoms with E-state index < -0.39 is 6.03 Å². The third-order valence-corrected chi connectivity index (χ3v) is 3.53. The number of likely N-dealkylation sites (N-methyl/N-ethyl adjacent to an activating group) is 1. The van der Waals surface area contributed by atoms with Crippen LogP contribution in [0.5, 0.6) is 0 Å². The van der Waals surface area contributed by atoms with Crippen LogP contribution in [-0.4, -0.2) is 37.5 Å². The van der Waals surface area contributed by atoms with E-state index in [0.717, 1.165) is 0 Å². The second kappa shape index (κ2) is 6.36. The zero-order valence-corrected chi connectivity index (χ0v) is 11.0. The van der Waals surface area contributed by atoms with Gasteiger partial charge in [0.05, 0.1) is 6.54 Å². The van der Waals surface area contributed by atoms with Crippen molar-refractivity contribution in [3.8, 4) is 0 Å². The van der Waals surface area contributed by atoms with Crippen LogP contribution in [0.4, 0.5) is 4.79 Å². The van der Waals surface area contributed by atoms with Crippen LogP contribution >= 0.6 is 11.3 Å². The van der Waals surface area contributed by atoms with Crippen LogP contribution < -0.4 is 10.6 Å². The number of imide groups is 1. The lowest BCUT2D eigenvalue weighted by Crippen LogP contribution is -2.42. The molecule has 0 spiro atoms. The summed E-state index contributed by atoms with van der Waals surface area (Å²) < 4.78 is 0. The topological polar surface area (TPSA) is 61.4 Å². The van der Waals surface area contributed by atoms with Crippen LogP contribution in [0, 0.1) is 0 Å². The molecule has 94 valence electrons. The fourth-order valence-corrected chi connectivity index (χ4v) is 2.19. The second-order valence-corrected chi connectivity index (χ2v) is 4.71. The summed E-state index contributed by atoms with van der Waals surface area (Å²) in [5.41, 5.74) is 0. The van der Waals surface area contributed by atoms with Crippen LogP contribution in [0.15, 0.2) is 17.5 Å². The van der Waals surface area contributed by atoms with Crippen molar-refractivity contribution < 1.29 is 9.59 Å². The number of nitrogens with one attached hydrogen (secondary N) is 2. The van der Waals surface area contributed by atoms with Gasteiger partial charge in [0.25, 0.3) is 0 Å². The molecule has 5 nitrogen and oxygen atoms in total. The van der Waals surface area contributed by atoms with E-state index in [9.17, 15) is 9.59 Å². The average molecular weight is 255 g/mol. The van der Waals surface area contributed by atoms with Crippen LogP contribution in [0.25, 0.3) is 0 Å². The van der Waals surface area contributed by atoms with Gasteiger partial charge < -0.3 is 5.32 Å². The molecule has 0 aromatic carbocycles. The maximum atomic E-state index is 11.5. The highest BCUT2D eigenvalue weighted by atomic mass is 32.1. The summed E-state index contributed by atoms with van der Waals surface area (Å²) in [4.78, 5) is 25.5. The van der Waals surface area contributed by atoms with Gasteiger partial charge in [0.1, 0.15) is 0 Å². The van der Waals surface area contributed by atoms with E-state index in [1.54, 1.807) is 11.3 Å². The quantitative estimate of drug-likeness (QED) is 0.849. The predicted molar refractivity (Wildman–Crippen MR) is 68.0 cm³/mol. The normalized spacial score (nSPS) is 12.2. The lowest BCUT2D eigenvalue weighted by Gasteiger charge is -2.22. The van der Waals surface area contributed by atoms with Crippen LogP contribution in [-0.2, 0) is 4.79 Å². The number of amides is 3. The smallest absolute Gasteiger partial charge is 0.321 e. The third-order valence-electron chi connectivity index (χ3n) is 2.49. The summed E-state index contributed by atoms with van der Waals surface area (Å²) in [6, 6.07) is 3.69.